The predicted molar refractivity (Wildman–Crippen MR) is 120 cm³/mol. The number of nitrogens with one attached hydrogen (secondary N) is 1. The van der Waals surface area contributed by atoms with Crippen LogP contribution in [-0.2, 0) is 11.3 Å². The smallest absolute Gasteiger partial charge is 0.328 e. The first-order valence-electron chi connectivity index (χ1n) is 10.6. The molecule has 2 aromatic rings. The quantitative estimate of drug-likeness (QED) is 0.797. The maximum Gasteiger partial charge on any atom is 0.328 e. The van der Waals surface area contributed by atoms with Gasteiger partial charge in [0.25, 0.3) is 5.91 Å². The monoisotopic (exact) mass is 439 g/mol. The van der Waals surface area contributed by atoms with Crippen LogP contribution >= 0.6 is 11.6 Å². The highest BCUT2D eigenvalue weighted by atomic mass is 35.5. The van der Waals surface area contributed by atoms with E-state index in [-0.39, 0.29) is 30.9 Å². The van der Waals surface area contributed by atoms with Gasteiger partial charge in [0.15, 0.2) is 0 Å². The third kappa shape index (κ3) is 3.46. The minimum absolute atomic E-state index is 0.137. The summed E-state index contributed by atoms with van der Waals surface area (Å²) in [5.74, 6) is -0.137. The van der Waals surface area contributed by atoms with Gasteiger partial charge in [0, 0.05) is 30.8 Å². The number of aryl methyl sites for hydroxylation is 1. The van der Waals surface area contributed by atoms with Gasteiger partial charge >= 0.3 is 6.03 Å². The number of benzene rings is 2. The molecule has 0 spiro atoms. The van der Waals surface area contributed by atoms with Crippen molar-refractivity contribution in [2.24, 2.45) is 0 Å². The zero-order valence-electron chi connectivity index (χ0n) is 17.7. The number of likely N-dealkylation sites (N-methyl/N-ethyl adjacent to an activating group) is 1. The van der Waals surface area contributed by atoms with Crippen LogP contribution in [0.25, 0.3) is 0 Å². The fourth-order valence-electron chi connectivity index (χ4n) is 4.95. The number of rotatable bonds is 3. The number of amides is 3. The molecule has 0 saturated carbocycles. The second kappa shape index (κ2) is 7.82. The summed E-state index contributed by atoms with van der Waals surface area (Å²) in [7, 11) is 1.77. The van der Waals surface area contributed by atoms with Gasteiger partial charge in [-0.25, -0.2) is 4.79 Å². The summed E-state index contributed by atoms with van der Waals surface area (Å²) < 4.78 is 0. The van der Waals surface area contributed by atoms with Crippen molar-refractivity contribution in [1.82, 2.24) is 20.0 Å². The molecule has 0 aromatic heterocycles. The summed E-state index contributed by atoms with van der Waals surface area (Å²) in [6.07, 6.45) is 0.432. The fourth-order valence-corrected chi connectivity index (χ4v) is 5.08. The Morgan fingerprint density at radius 3 is 2.61 bits per heavy atom. The molecule has 2 aromatic carbocycles. The van der Waals surface area contributed by atoms with Gasteiger partial charge < -0.3 is 9.80 Å². The summed E-state index contributed by atoms with van der Waals surface area (Å²) >= 11 is 6.07. The molecule has 3 aliphatic rings. The van der Waals surface area contributed by atoms with E-state index in [0.29, 0.717) is 5.02 Å². The number of fused-ring (bicyclic) bond motifs is 3. The molecular formula is C23H26ClN5O2. The molecule has 5 rings (SSSR count). The van der Waals surface area contributed by atoms with Crippen molar-refractivity contribution in [2.45, 2.75) is 38.4 Å². The van der Waals surface area contributed by atoms with E-state index in [0.717, 1.165) is 36.3 Å². The van der Waals surface area contributed by atoms with E-state index in [1.807, 2.05) is 55.5 Å². The average molecular weight is 440 g/mol. The van der Waals surface area contributed by atoms with E-state index in [9.17, 15) is 9.59 Å². The maximum atomic E-state index is 13.6. The molecular weight excluding hydrogens is 414 g/mol. The second-order valence-corrected chi connectivity index (χ2v) is 8.93. The Morgan fingerprint density at radius 1 is 1.10 bits per heavy atom. The molecule has 3 amide bonds. The Bertz CT molecular complexity index is 1010. The fraction of sp³-hybridized carbons (Fsp3) is 0.391. The highest BCUT2D eigenvalue weighted by molar-refractivity contribution is 6.30. The van der Waals surface area contributed by atoms with E-state index >= 15 is 0 Å². The second-order valence-electron chi connectivity index (χ2n) is 8.50. The van der Waals surface area contributed by atoms with Gasteiger partial charge in [-0.2, -0.15) is 0 Å². The number of urea groups is 1. The first-order chi connectivity index (χ1) is 14.9. The summed E-state index contributed by atoms with van der Waals surface area (Å²) in [4.78, 5) is 34.2. The van der Waals surface area contributed by atoms with Crippen molar-refractivity contribution < 1.29 is 9.59 Å². The first-order valence-corrected chi connectivity index (χ1v) is 11.0. The van der Waals surface area contributed by atoms with Crippen LogP contribution in [-0.4, -0.2) is 65.3 Å². The van der Waals surface area contributed by atoms with Crippen molar-refractivity contribution in [1.29, 1.82) is 0 Å². The van der Waals surface area contributed by atoms with Gasteiger partial charge in [0.2, 0.25) is 0 Å². The SMILES string of the molecule is Cc1cccc(CN2C(=O)C3C(NC4N(c5ccc(Cl)cc5)CCCN34)N(C)C2=O)c1. The average Bonchev–Trinajstić information content (AvgIpc) is 3.16. The van der Waals surface area contributed by atoms with Gasteiger partial charge in [0.05, 0.1) is 6.54 Å². The lowest BCUT2D eigenvalue weighted by Crippen LogP contribution is -2.66. The molecule has 1 N–H and O–H groups in total. The molecule has 0 bridgehead atoms. The number of carbonyl (C=O) groups is 2. The molecule has 3 saturated heterocycles. The maximum absolute atomic E-state index is 13.6. The molecule has 3 fully saturated rings. The lowest BCUT2D eigenvalue weighted by molar-refractivity contribution is -0.139. The van der Waals surface area contributed by atoms with Crippen LogP contribution in [0.4, 0.5) is 10.5 Å². The van der Waals surface area contributed by atoms with Crippen molar-refractivity contribution in [3.63, 3.8) is 0 Å². The molecule has 8 heteroatoms. The van der Waals surface area contributed by atoms with Gasteiger partial charge in [-0.15, -0.1) is 0 Å². The Balaban J connectivity index is 1.43. The van der Waals surface area contributed by atoms with Gasteiger partial charge in [-0.05, 0) is 43.2 Å². The highest BCUT2D eigenvalue weighted by Gasteiger charge is 2.56. The van der Waals surface area contributed by atoms with Crippen LogP contribution in [0.5, 0.6) is 0 Å². The summed E-state index contributed by atoms with van der Waals surface area (Å²) in [6, 6.07) is 15.0. The van der Waals surface area contributed by atoms with Crippen LogP contribution in [0.15, 0.2) is 48.5 Å². The van der Waals surface area contributed by atoms with E-state index in [4.69, 9.17) is 11.6 Å². The van der Waals surface area contributed by atoms with Crippen molar-refractivity contribution in [3.8, 4) is 0 Å². The van der Waals surface area contributed by atoms with Gasteiger partial charge in [0.1, 0.15) is 18.5 Å². The Kier molecular flexibility index (Phi) is 5.12. The topological polar surface area (TPSA) is 59.1 Å². The standard InChI is InChI=1S/C23H26ClN5O2/c1-15-5-3-6-16(13-15)14-29-21(30)19-20(26(2)23(29)31)25-22-27(11-4-12-28(19)22)18-9-7-17(24)8-10-18/h3,5-10,13,19-20,22,25H,4,11-12,14H2,1-2H3. The Hall–Kier alpha value is -2.61. The molecule has 0 radical (unpaired) electrons. The number of hydrogen-bond acceptors (Lipinski definition) is 5. The van der Waals surface area contributed by atoms with Crippen LogP contribution in [0.2, 0.25) is 5.02 Å². The van der Waals surface area contributed by atoms with Crippen LogP contribution < -0.4 is 10.2 Å². The Morgan fingerprint density at radius 2 is 1.87 bits per heavy atom. The minimum atomic E-state index is -0.410. The summed E-state index contributed by atoms with van der Waals surface area (Å²) in [6.45, 7) is 3.96. The molecule has 3 atom stereocenters. The van der Waals surface area contributed by atoms with E-state index < -0.39 is 6.04 Å². The van der Waals surface area contributed by atoms with Crippen LogP contribution in [0.1, 0.15) is 17.5 Å². The van der Waals surface area contributed by atoms with Crippen molar-refractivity contribution in [2.75, 3.05) is 25.0 Å². The third-order valence-corrected chi connectivity index (χ3v) is 6.70. The normalized spacial score (nSPS) is 26.3. The van der Waals surface area contributed by atoms with E-state index in [1.54, 1.807) is 11.9 Å². The first kappa shape index (κ1) is 20.3. The lowest BCUT2D eigenvalue weighted by atomic mass is 10.1. The van der Waals surface area contributed by atoms with Gasteiger partial charge in [-0.3, -0.25) is 19.9 Å². The number of nitrogens with zero attached hydrogens (tertiary/aromatic N) is 4. The van der Waals surface area contributed by atoms with Crippen molar-refractivity contribution in [3.05, 3.63) is 64.7 Å². The lowest BCUT2D eigenvalue weighted by Gasteiger charge is -2.44. The number of hydrogen-bond donors (Lipinski definition) is 1. The molecule has 3 heterocycles. The minimum Gasteiger partial charge on any atom is -0.343 e. The summed E-state index contributed by atoms with van der Waals surface area (Å²) in [5.41, 5.74) is 3.11. The van der Waals surface area contributed by atoms with Crippen LogP contribution in [0.3, 0.4) is 0 Å². The molecule has 7 nitrogen and oxygen atoms in total. The van der Waals surface area contributed by atoms with Crippen molar-refractivity contribution >= 4 is 29.2 Å². The van der Waals surface area contributed by atoms with Crippen LogP contribution in [0, 0.1) is 6.92 Å². The molecule has 3 aliphatic heterocycles. The van der Waals surface area contributed by atoms with E-state index in [1.165, 1.54) is 4.90 Å². The number of anilines is 1. The van der Waals surface area contributed by atoms with Gasteiger partial charge in [-0.1, -0.05) is 41.4 Å². The number of carbonyl (C=O) groups excluding carboxylic acids is 2. The molecule has 0 aliphatic carbocycles. The molecule has 31 heavy (non-hydrogen) atoms. The molecule has 3 unspecified atom stereocenters. The highest BCUT2D eigenvalue weighted by Crippen LogP contribution is 2.33. The largest absolute Gasteiger partial charge is 0.343 e. The molecule has 162 valence electrons. The third-order valence-electron chi connectivity index (χ3n) is 6.45. The Labute approximate surface area is 187 Å². The zero-order valence-corrected chi connectivity index (χ0v) is 18.4. The zero-order chi connectivity index (χ0) is 21.7. The summed E-state index contributed by atoms with van der Waals surface area (Å²) in [5, 5.41) is 4.23. The van der Waals surface area contributed by atoms with E-state index in [2.05, 4.69) is 15.1 Å². The number of halogens is 1. The number of imide groups is 1. The predicted octanol–water partition coefficient (Wildman–Crippen LogP) is 2.84.